The van der Waals surface area contributed by atoms with Crippen LogP contribution in [0.15, 0.2) is 42.5 Å². The maximum atomic E-state index is 12.2. The second kappa shape index (κ2) is 9.45. The molecule has 0 radical (unpaired) electrons. The summed E-state index contributed by atoms with van der Waals surface area (Å²) in [7, 11) is -2.14. The lowest BCUT2D eigenvalue weighted by atomic mass is 10.1. The van der Waals surface area contributed by atoms with E-state index in [1.54, 1.807) is 24.3 Å². The third kappa shape index (κ3) is 6.45. The molecule has 0 spiro atoms. The van der Waals surface area contributed by atoms with Gasteiger partial charge in [0.05, 0.1) is 25.6 Å². The van der Waals surface area contributed by atoms with Gasteiger partial charge in [0.15, 0.2) is 0 Å². The number of nitrogens with one attached hydrogen (secondary N) is 1. The summed E-state index contributed by atoms with van der Waals surface area (Å²) >= 11 is 0. The molecule has 0 fully saturated rings. The fraction of sp³-hybridized carbons (Fsp3) is 0.350. The van der Waals surface area contributed by atoms with Crippen LogP contribution in [0, 0.1) is 13.8 Å². The van der Waals surface area contributed by atoms with E-state index in [2.05, 4.69) is 5.32 Å². The first kappa shape index (κ1) is 21.6. The van der Waals surface area contributed by atoms with Gasteiger partial charge in [-0.1, -0.05) is 12.1 Å². The van der Waals surface area contributed by atoms with Crippen molar-refractivity contribution in [2.75, 3.05) is 37.4 Å². The molecule has 0 atom stereocenters. The van der Waals surface area contributed by atoms with Crippen LogP contribution < -0.4 is 19.1 Å². The first-order valence-corrected chi connectivity index (χ1v) is 10.6. The van der Waals surface area contributed by atoms with E-state index < -0.39 is 15.9 Å². The quantitative estimate of drug-likeness (QED) is 0.646. The summed E-state index contributed by atoms with van der Waals surface area (Å²) in [4.78, 5) is 12.2. The summed E-state index contributed by atoms with van der Waals surface area (Å²) in [6.07, 6.45) is 1.06. The number of anilines is 1. The predicted octanol–water partition coefficient (Wildman–Crippen LogP) is 2.27. The summed E-state index contributed by atoms with van der Waals surface area (Å²) in [5.41, 5.74) is 2.56. The number of hydrogen-bond acceptors (Lipinski definition) is 5. The largest absolute Gasteiger partial charge is 0.497 e. The Labute approximate surface area is 166 Å². The van der Waals surface area contributed by atoms with Gasteiger partial charge in [0.2, 0.25) is 15.9 Å². The lowest BCUT2D eigenvalue weighted by Gasteiger charge is -2.22. The number of nitrogens with zero attached hydrogens (tertiary/aromatic N) is 1. The number of benzene rings is 2. The Morgan fingerprint density at radius 3 is 2.36 bits per heavy atom. The molecule has 0 aliphatic heterocycles. The van der Waals surface area contributed by atoms with Crippen LogP contribution >= 0.6 is 0 Å². The molecule has 2 aromatic rings. The van der Waals surface area contributed by atoms with E-state index in [1.165, 1.54) is 7.11 Å². The maximum Gasteiger partial charge on any atom is 0.240 e. The number of sulfonamides is 1. The molecule has 28 heavy (non-hydrogen) atoms. The topological polar surface area (TPSA) is 84.9 Å². The molecule has 2 aromatic carbocycles. The Balaban J connectivity index is 1.93. The molecule has 1 amide bonds. The van der Waals surface area contributed by atoms with Gasteiger partial charge in [0, 0.05) is 6.07 Å². The summed E-state index contributed by atoms with van der Waals surface area (Å²) in [5.74, 6) is 0.826. The minimum absolute atomic E-state index is 0.265. The van der Waals surface area contributed by atoms with Crippen LogP contribution in [-0.2, 0) is 14.8 Å². The molecule has 0 unspecified atom stereocenters. The molecule has 2 rings (SSSR count). The lowest BCUT2D eigenvalue weighted by molar-refractivity contribution is -0.119. The Bertz CT molecular complexity index is 908. The first-order valence-electron chi connectivity index (χ1n) is 8.78. The van der Waals surface area contributed by atoms with Crippen molar-refractivity contribution in [3.8, 4) is 11.5 Å². The van der Waals surface area contributed by atoms with Crippen LogP contribution in [-0.4, -0.2) is 47.4 Å². The minimum Gasteiger partial charge on any atom is -0.497 e. The van der Waals surface area contributed by atoms with Crippen molar-refractivity contribution in [2.45, 2.75) is 13.8 Å². The van der Waals surface area contributed by atoms with Crippen molar-refractivity contribution in [1.29, 1.82) is 0 Å². The van der Waals surface area contributed by atoms with Crippen molar-refractivity contribution in [1.82, 2.24) is 5.32 Å². The molecule has 0 saturated heterocycles. The average molecular weight is 407 g/mol. The standard InChI is InChI=1S/C20H26N2O5S/c1-15-10-16(2)12-19(11-15)27-9-8-21-20(23)14-22(28(4,24)25)17-6-5-7-18(13-17)26-3/h5-7,10-13H,8-9,14H2,1-4H3,(H,21,23). The second-order valence-electron chi connectivity index (χ2n) is 6.49. The van der Waals surface area contributed by atoms with E-state index in [4.69, 9.17) is 9.47 Å². The molecule has 0 heterocycles. The van der Waals surface area contributed by atoms with Gasteiger partial charge in [-0.3, -0.25) is 9.10 Å². The van der Waals surface area contributed by atoms with E-state index >= 15 is 0 Å². The summed E-state index contributed by atoms with van der Waals surface area (Å²) < 4.78 is 36.1. The fourth-order valence-corrected chi connectivity index (χ4v) is 3.58. The Morgan fingerprint density at radius 2 is 1.75 bits per heavy atom. The first-order chi connectivity index (χ1) is 13.2. The van der Waals surface area contributed by atoms with E-state index in [0.717, 1.165) is 27.4 Å². The number of aryl methyl sites for hydroxylation is 2. The van der Waals surface area contributed by atoms with Gasteiger partial charge in [-0.2, -0.15) is 0 Å². The van der Waals surface area contributed by atoms with E-state index in [9.17, 15) is 13.2 Å². The van der Waals surface area contributed by atoms with Crippen LogP contribution in [0.25, 0.3) is 0 Å². The summed E-state index contributed by atoms with van der Waals surface area (Å²) in [6, 6.07) is 12.4. The van der Waals surface area contributed by atoms with Gasteiger partial charge in [0.25, 0.3) is 0 Å². The van der Waals surface area contributed by atoms with Gasteiger partial charge in [-0.05, 0) is 49.2 Å². The lowest BCUT2D eigenvalue weighted by Crippen LogP contribution is -2.41. The van der Waals surface area contributed by atoms with Crippen LogP contribution in [0.3, 0.4) is 0 Å². The third-order valence-corrected chi connectivity index (χ3v) is 5.06. The molecule has 7 nitrogen and oxygen atoms in total. The van der Waals surface area contributed by atoms with Crippen molar-refractivity contribution < 1.29 is 22.7 Å². The molecule has 0 aliphatic rings. The normalized spacial score (nSPS) is 11.0. The summed E-state index contributed by atoms with van der Waals surface area (Å²) in [5, 5.41) is 2.68. The van der Waals surface area contributed by atoms with Gasteiger partial charge in [-0.15, -0.1) is 0 Å². The van der Waals surface area contributed by atoms with Gasteiger partial charge >= 0.3 is 0 Å². The van der Waals surface area contributed by atoms with Crippen molar-refractivity contribution in [2.24, 2.45) is 0 Å². The second-order valence-corrected chi connectivity index (χ2v) is 8.40. The highest BCUT2D eigenvalue weighted by Gasteiger charge is 2.21. The Hall–Kier alpha value is -2.74. The smallest absolute Gasteiger partial charge is 0.240 e. The Morgan fingerprint density at radius 1 is 1.07 bits per heavy atom. The number of methoxy groups -OCH3 is 1. The third-order valence-electron chi connectivity index (χ3n) is 3.92. The van der Waals surface area contributed by atoms with Gasteiger partial charge in [-0.25, -0.2) is 8.42 Å². The molecule has 8 heteroatoms. The zero-order valence-corrected chi connectivity index (χ0v) is 17.4. The molecule has 0 saturated carbocycles. The highest BCUT2D eigenvalue weighted by molar-refractivity contribution is 7.92. The highest BCUT2D eigenvalue weighted by Crippen LogP contribution is 2.22. The van der Waals surface area contributed by atoms with Crippen molar-refractivity contribution in [3.05, 3.63) is 53.6 Å². The molecular formula is C20H26N2O5S. The number of carbonyl (C=O) groups excluding carboxylic acids is 1. The fourth-order valence-electron chi connectivity index (χ4n) is 2.73. The SMILES string of the molecule is COc1cccc(N(CC(=O)NCCOc2cc(C)cc(C)c2)S(C)(=O)=O)c1. The molecule has 1 N–H and O–H groups in total. The minimum atomic E-state index is -3.64. The predicted molar refractivity (Wildman–Crippen MR) is 110 cm³/mol. The number of hydrogen-bond donors (Lipinski definition) is 1. The summed E-state index contributed by atoms with van der Waals surface area (Å²) in [6.45, 7) is 4.20. The number of carbonyl (C=O) groups is 1. The van der Waals surface area contributed by atoms with Crippen LogP contribution in [0.5, 0.6) is 11.5 Å². The van der Waals surface area contributed by atoms with Crippen LogP contribution in [0.1, 0.15) is 11.1 Å². The molecular weight excluding hydrogens is 380 g/mol. The zero-order valence-electron chi connectivity index (χ0n) is 16.6. The highest BCUT2D eigenvalue weighted by atomic mass is 32.2. The molecule has 0 bridgehead atoms. The van der Waals surface area contributed by atoms with Gasteiger partial charge < -0.3 is 14.8 Å². The number of ether oxygens (including phenoxy) is 2. The zero-order chi connectivity index (χ0) is 20.7. The van der Waals surface area contributed by atoms with Crippen LogP contribution in [0.2, 0.25) is 0 Å². The van der Waals surface area contributed by atoms with Crippen molar-refractivity contribution >= 4 is 21.6 Å². The van der Waals surface area contributed by atoms with E-state index in [0.29, 0.717) is 11.4 Å². The van der Waals surface area contributed by atoms with E-state index in [1.807, 2.05) is 32.0 Å². The molecule has 0 aromatic heterocycles. The number of amides is 1. The maximum absolute atomic E-state index is 12.2. The Kier molecular flexibility index (Phi) is 7.28. The van der Waals surface area contributed by atoms with Gasteiger partial charge in [0.1, 0.15) is 24.7 Å². The van der Waals surface area contributed by atoms with Crippen molar-refractivity contribution in [3.63, 3.8) is 0 Å². The monoisotopic (exact) mass is 406 g/mol. The van der Waals surface area contributed by atoms with E-state index in [-0.39, 0.29) is 19.7 Å². The average Bonchev–Trinajstić information content (AvgIpc) is 2.61. The number of rotatable bonds is 9. The van der Waals surface area contributed by atoms with Crippen LogP contribution in [0.4, 0.5) is 5.69 Å². The molecule has 0 aliphatic carbocycles. The molecule has 152 valence electrons.